The van der Waals surface area contributed by atoms with Gasteiger partial charge in [-0.3, -0.25) is 9.59 Å². The third-order valence-electron chi connectivity index (χ3n) is 4.49. The molecule has 3 aromatic rings. The van der Waals surface area contributed by atoms with E-state index in [2.05, 4.69) is 5.32 Å². The van der Waals surface area contributed by atoms with Crippen molar-refractivity contribution in [3.05, 3.63) is 82.9 Å². The SMILES string of the molecule is COc1ccc(C(=O)CSc2ccc(NC(=O)Cc3ccc(Cl)cc3)cc2)cc1OC. The van der Waals surface area contributed by atoms with Crippen LogP contribution in [0.5, 0.6) is 11.5 Å². The van der Waals surface area contributed by atoms with Crippen LogP contribution in [0.1, 0.15) is 15.9 Å². The second-order valence-electron chi connectivity index (χ2n) is 6.66. The molecule has 0 aromatic heterocycles. The summed E-state index contributed by atoms with van der Waals surface area (Å²) in [6.07, 6.45) is 0.271. The molecule has 0 atom stereocenters. The minimum absolute atomic E-state index is 0.00806. The molecule has 0 unspecified atom stereocenters. The molecule has 7 heteroatoms. The lowest BCUT2D eigenvalue weighted by Crippen LogP contribution is -2.14. The highest BCUT2D eigenvalue weighted by molar-refractivity contribution is 8.00. The number of Topliss-reactive ketones (excluding diaryl/α,β-unsaturated/α-hetero) is 1. The van der Waals surface area contributed by atoms with Gasteiger partial charge in [0.05, 0.1) is 26.4 Å². The zero-order valence-electron chi connectivity index (χ0n) is 17.2. The second kappa shape index (κ2) is 10.9. The molecule has 0 aliphatic rings. The van der Waals surface area contributed by atoms with E-state index >= 15 is 0 Å². The molecular weight excluding hydrogens is 434 g/mol. The Morgan fingerprint density at radius 2 is 1.58 bits per heavy atom. The number of halogens is 1. The number of benzene rings is 3. The Hall–Kier alpha value is -2.96. The summed E-state index contributed by atoms with van der Waals surface area (Å²) in [4.78, 5) is 25.7. The van der Waals surface area contributed by atoms with E-state index < -0.39 is 0 Å². The number of hydrogen-bond acceptors (Lipinski definition) is 5. The van der Waals surface area contributed by atoms with Gasteiger partial charge >= 0.3 is 0 Å². The fourth-order valence-corrected chi connectivity index (χ4v) is 3.79. The lowest BCUT2D eigenvalue weighted by Gasteiger charge is -2.09. The van der Waals surface area contributed by atoms with Crippen LogP contribution in [0.2, 0.25) is 5.02 Å². The third kappa shape index (κ3) is 6.51. The zero-order valence-corrected chi connectivity index (χ0v) is 18.8. The average Bonchev–Trinajstić information content (AvgIpc) is 2.79. The number of ether oxygens (including phenoxy) is 2. The maximum Gasteiger partial charge on any atom is 0.228 e. The van der Waals surface area contributed by atoms with E-state index in [0.717, 1.165) is 10.5 Å². The summed E-state index contributed by atoms with van der Waals surface area (Å²) in [6.45, 7) is 0. The summed E-state index contributed by atoms with van der Waals surface area (Å²) in [6, 6.07) is 19.7. The molecule has 0 saturated heterocycles. The van der Waals surface area contributed by atoms with Crippen LogP contribution in [0, 0.1) is 0 Å². The van der Waals surface area contributed by atoms with Crippen LogP contribution in [0.25, 0.3) is 0 Å². The molecule has 3 rings (SSSR count). The predicted molar refractivity (Wildman–Crippen MR) is 125 cm³/mol. The fraction of sp³-hybridized carbons (Fsp3) is 0.167. The van der Waals surface area contributed by atoms with Crippen molar-refractivity contribution in [3.63, 3.8) is 0 Å². The van der Waals surface area contributed by atoms with Crippen LogP contribution in [-0.2, 0) is 11.2 Å². The Labute approximate surface area is 190 Å². The number of carbonyl (C=O) groups excluding carboxylic acids is 2. The Bertz CT molecular complexity index is 1050. The summed E-state index contributed by atoms with van der Waals surface area (Å²) < 4.78 is 10.5. The largest absolute Gasteiger partial charge is 0.493 e. The first-order valence-corrected chi connectivity index (χ1v) is 10.9. The van der Waals surface area contributed by atoms with E-state index in [1.165, 1.54) is 18.9 Å². The Morgan fingerprint density at radius 1 is 0.903 bits per heavy atom. The molecule has 0 aliphatic carbocycles. The summed E-state index contributed by atoms with van der Waals surface area (Å²) in [5, 5.41) is 3.51. The molecule has 0 saturated carbocycles. The Balaban J connectivity index is 1.52. The highest BCUT2D eigenvalue weighted by Crippen LogP contribution is 2.29. The highest BCUT2D eigenvalue weighted by Gasteiger charge is 2.11. The lowest BCUT2D eigenvalue weighted by atomic mass is 10.1. The van der Waals surface area contributed by atoms with Crippen molar-refractivity contribution in [3.8, 4) is 11.5 Å². The molecule has 31 heavy (non-hydrogen) atoms. The monoisotopic (exact) mass is 455 g/mol. The van der Waals surface area contributed by atoms with Crippen molar-refractivity contribution in [1.82, 2.24) is 0 Å². The molecule has 1 N–H and O–H groups in total. The molecule has 0 heterocycles. The first-order valence-electron chi connectivity index (χ1n) is 9.51. The van der Waals surface area contributed by atoms with Gasteiger partial charge in [-0.25, -0.2) is 0 Å². The summed E-state index contributed by atoms with van der Waals surface area (Å²) in [5.41, 5.74) is 2.16. The number of methoxy groups -OCH3 is 2. The maximum atomic E-state index is 12.5. The van der Waals surface area contributed by atoms with Gasteiger partial charge in [-0.2, -0.15) is 0 Å². The van der Waals surface area contributed by atoms with Crippen LogP contribution in [0.3, 0.4) is 0 Å². The molecule has 0 bridgehead atoms. The summed E-state index contributed by atoms with van der Waals surface area (Å²) in [7, 11) is 3.09. The van der Waals surface area contributed by atoms with Crippen molar-refractivity contribution in [2.45, 2.75) is 11.3 Å². The van der Waals surface area contributed by atoms with Gasteiger partial charge in [0.1, 0.15) is 0 Å². The molecule has 0 spiro atoms. The molecular formula is C24H22ClNO4S. The van der Waals surface area contributed by atoms with Gasteiger partial charge in [0.2, 0.25) is 5.91 Å². The van der Waals surface area contributed by atoms with Gasteiger partial charge in [-0.1, -0.05) is 23.7 Å². The van der Waals surface area contributed by atoms with Crippen molar-refractivity contribution in [1.29, 1.82) is 0 Å². The fourth-order valence-electron chi connectivity index (χ4n) is 2.87. The number of ketones is 1. The molecule has 1 amide bonds. The number of thioether (sulfide) groups is 1. The lowest BCUT2D eigenvalue weighted by molar-refractivity contribution is -0.115. The standard InChI is InChI=1S/C24H22ClNO4S/c1-29-22-12-5-17(14-23(22)30-2)21(27)15-31-20-10-8-19(9-11-20)26-24(28)13-16-3-6-18(25)7-4-16/h3-12,14H,13,15H2,1-2H3,(H,26,28). The number of hydrogen-bond donors (Lipinski definition) is 1. The van der Waals surface area contributed by atoms with Gasteiger partial charge in [0, 0.05) is 21.2 Å². The summed E-state index contributed by atoms with van der Waals surface area (Å²) in [5.74, 6) is 1.28. The first kappa shape index (κ1) is 22.7. The number of nitrogens with one attached hydrogen (secondary N) is 1. The molecule has 0 fully saturated rings. The summed E-state index contributed by atoms with van der Waals surface area (Å²) >= 11 is 7.30. The van der Waals surface area contributed by atoms with Gasteiger partial charge in [0.15, 0.2) is 17.3 Å². The van der Waals surface area contributed by atoms with E-state index in [-0.39, 0.29) is 23.9 Å². The van der Waals surface area contributed by atoms with Crippen molar-refractivity contribution in [2.24, 2.45) is 0 Å². The number of amides is 1. The van der Waals surface area contributed by atoms with E-state index in [1.54, 1.807) is 37.4 Å². The van der Waals surface area contributed by atoms with Crippen LogP contribution in [0.15, 0.2) is 71.6 Å². The van der Waals surface area contributed by atoms with Crippen LogP contribution < -0.4 is 14.8 Å². The van der Waals surface area contributed by atoms with E-state index in [4.69, 9.17) is 21.1 Å². The minimum atomic E-state index is -0.105. The molecule has 5 nitrogen and oxygen atoms in total. The number of rotatable bonds is 9. The smallest absolute Gasteiger partial charge is 0.228 e. The quantitative estimate of drug-likeness (QED) is 0.340. The normalized spacial score (nSPS) is 10.4. The Kier molecular flexibility index (Phi) is 7.98. The van der Waals surface area contributed by atoms with Crippen molar-refractivity contribution >= 4 is 40.7 Å². The topological polar surface area (TPSA) is 64.6 Å². The van der Waals surface area contributed by atoms with Gasteiger partial charge in [-0.05, 0) is 60.2 Å². The van der Waals surface area contributed by atoms with Gasteiger partial charge < -0.3 is 14.8 Å². The predicted octanol–water partition coefficient (Wildman–Crippen LogP) is 5.51. The first-order chi connectivity index (χ1) is 15.0. The van der Waals surface area contributed by atoms with Crippen molar-refractivity contribution < 1.29 is 19.1 Å². The van der Waals surface area contributed by atoms with Crippen molar-refractivity contribution in [2.75, 3.05) is 25.3 Å². The number of carbonyl (C=O) groups is 2. The van der Waals surface area contributed by atoms with Crippen LogP contribution >= 0.6 is 23.4 Å². The second-order valence-corrected chi connectivity index (χ2v) is 8.14. The molecule has 160 valence electrons. The zero-order chi connectivity index (χ0) is 22.2. The van der Waals surface area contributed by atoms with E-state index in [0.29, 0.717) is 27.8 Å². The van der Waals surface area contributed by atoms with Gasteiger partial charge in [0.25, 0.3) is 0 Å². The van der Waals surface area contributed by atoms with E-state index in [1.807, 2.05) is 36.4 Å². The highest BCUT2D eigenvalue weighted by atomic mass is 35.5. The maximum absolute atomic E-state index is 12.5. The third-order valence-corrected chi connectivity index (χ3v) is 5.76. The minimum Gasteiger partial charge on any atom is -0.493 e. The molecule has 3 aromatic carbocycles. The van der Waals surface area contributed by atoms with E-state index in [9.17, 15) is 9.59 Å². The number of anilines is 1. The van der Waals surface area contributed by atoms with Crippen LogP contribution in [-0.4, -0.2) is 31.7 Å². The Morgan fingerprint density at radius 3 is 2.23 bits per heavy atom. The molecule has 0 aliphatic heterocycles. The van der Waals surface area contributed by atoms with Crippen LogP contribution in [0.4, 0.5) is 5.69 Å². The molecule has 0 radical (unpaired) electrons. The van der Waals surface area contributed by atoms with Gasteiger partial charge in [-0.15, -0.1) is 11.8 Å². The average molecular weight is 456 g/mol.